The van der Waals surface area contributed by atoms with Gasteiger partial charge in [0.2, 0.25) is 0 Å². The minimum Gasteiger partial charge on any atom is -0.293 e. The van der Waals surface area contributed by atoms with Crippen LogP contribution in [0.2, 0.25) is 0 Å². The summed E-state index contributed by atoms with van der Waals surface area (Å²) in [5.41, 5.74) is 2.53. The fraction of sp³-hybridized carbons (Fsp3) is 0.737. The van der Waals surface area contributed by atoms with Gasteiger partial charge in [0.25, 0.3) is 0 Å². The summed E-state index contributed by atoms with van der Waals surface area (Å²) >= 11 is 0. The molecule has 0 aromatic carbocycles. The molecule has 3 rings (SSSR count). The molecule has 1 aromatic heterocycles. The van der Waals surface area contributed by atoms with Gasteiger partial charge in [-0.2, -0.15) is 0 Å². The van der Waals surface area contributed by atoms with Crippen LogP contribution < -0.4 is 0 Å². The maximum atomic E-state index is 4.50. The maximum Gasteiger partial charge on any atom is 0.0372 e. The highest BCUT2D eigenvalue weighted by Crippen LogP contribution is 2.31. The van der Waals surface area contributed by atoms with E-state index in [1.807, 2.05) is 0 Å². The number of pyridine rings is 1. The summed E-state index contributed by atoms with van der Waals surface area (Å²) in [4.78, 5) is 7.35. The molecular weight excluding hydrogens is 256 g/mol. The van der Waals surface area contributed by atoms with Crippen LogP contribution in [0.5, 0.6) is 0 Å². The molecule has 2 fully saturated rings. The van der Waals surface area contributed by atoms with Crippen LogP contribution in [0.1, 0.15) is 75.5 Å². The second-order valence-electron chi connectivity index (χ2n) is 7.06. The van der Waals surface area contributed by atoms with Gasteiger partial charge in [0, 0.05) is 30.5 Å². The first-order valence-corrected chi connectivity index (χ1v) is 9.00. The summed E-state index contributed by atoms with van der Waals surface area (Å²) in [5, 5.41) is 0. The van der Waals surface area contributed by atoms with Crippen molar-refractivity contribution < 1.29 is 0 Å². The highest BCUT2D eigenvalue weighted by molar-refractivity contribution is 5.13. The van der Waals surface area contributed by atoms with Crippen molar-refractivity contribution in [2.24, 2.45) is 0 Å². The third-order valence-electron chi connectivity index (χ3n) is 5.43. The van der Waals surface area contributed by atoms with Crippen LogP contribution >= 0.6 is 0 Å². The second-order valence-corrected chi connectivity index (χ2v) is 7.06. The minimum absolute atomic E-state index is 0.822. The van der Waals surface area contributed by atoms with E-state index in [0.717, 1.165) is 24.3 Å². The number of nitrogens with zero attached hydrogens (tertiary/aromatic N) is 2. The highest BCUT2D eigenvalue weighted by Gasteiger charge is 2.28. The topological polar surface area (TPSA) is 16.1 Å². The lowest BCUT2D eigenvalue weighted by molar-refractivity contribution is 0.0730. The lowest BCUT2D eigenvalue weighted by Crippen LogP contribution is -2.44. The molecule has 0 radical (unpaired) electrons. The van der Waals surface area contributed by atoms with Crippen molar-refractivity contribution in [1.29, 1.82) is 0 Å². The first-order valence-electron chi connectivity index (χ1n) is 9.00. The van der Waals surface area contributed by atoms with Crippen LogP contribution in [0.3, 0.4) is 0 Å². The van der Waals surface area contributed by atoms with Gasteiger partial charge in [-0.3, -0.25) is 9.88 Å². The van der Waals surface area contributed by atoms with Crippen molar-refractivity contribution in [3.8, 4) is 0 Å². The van der Waals surface area contributed by atoms with Gasteiger partial charge in [0.05, 0.1) is 0 Å². The molecule has 0 bridgehead atoms. The molecule has 2 aliphatic carbocycles. The van der Waals surface area contributed by atoms with Crippen LogP contribution in [0.4, 0.5) is 0 Å². The Bertz CT molecular complexity index is 396. The lowest BCUT2D eigenvalue weighted by Gasteiger charge is -2.41. The Morgan fingerprint density at radius 3 is 1.95 bits per heavy atom. The molecule has 0 atom stereocenters. The monoisotopic (exact) mass is 286 g/mol. The van der Waals surface area contributed by atoms with Crippen molar-refractivity contribution in [2.45, 2.75) is 89.8 Å². The van der Waals surface area contributed by atoms with Crippen LogP contribution in [-0.2, 0) is 6.54 Å². The zero-order chi connectivity index (χ0) is 14.5. The molecule has 0 unspecified atom stereocenters. The van der Waals surface area contributed by atoms with Gasteiger partial charge in [-0.15, -0.1) is 0 Å². The van der Waals surface area contributed by atoms with E-state index < -0.39 is 0 Å². The van der Waals surface area contributed by atoms with Crippen LogP contribution in [0, 0.1) is 6.92 Å². The van der Waals surface area contributed by atoms with E-state index in [1.54, 1.807) is 0 Å². The molecule has 1 aromatic rings. The van der Waals surface area contributed by atoms with Gasteiger partial charge in [0.1, 0.15) is 0 Å². The second kappa shape index (κ2) is 7.40. The van der Waals surface area contributed by atoms with Gasteiger partial charge in [-0.05, 0) is 44.2 Å². The molecule has 0 saturated heterocycles. The highest BCUT2D eigenvalue weighted by atomic mass is 15.2. The average Bonchev–Trinajstić information content (AvgIpc) is 2.56. The molecule has 0 spiro atoms. The Hall–Kier alpha value is -0.890. The Kier molecular flexibility index (Phi) is 5.29. The summed E-state index contributed by atoms with van der Waals surface area (Å²) in [7, 11) is 0. The third kappa shape index (κ3) is 4.06. The fourth-order valence-corrected chi connectivity index (χ4v) is 4.18. The molecule has 2 nitrogen and oxygen atoms in total. The first kappa shape index (κ1) is 15.0. The number of aromatic nitrogens is 1. The average molecular weight is 286 g/mol. The standard InChI is InChI=1S/C19H30N2/c1-16-12-13-17(14-20-16)15-21(18-8-4-2-5-9-18)19-10-6-3-7-11-19/h12-14,18-19H,2-11,15H2,1H3. The Balaban J connectivity index is 1.72. The van der Waals surface area contributed by atoms with Crippen molar-refractivity contribution in [3.05, 3.63) is 29.6 Å². The Labute approximate surface area is 130 Å². The van der Waals surface area contributed by atoms with Crippen molar-refractivity contribution in [1.82, 2.24) is 9.88 Å². The predicted molar refractivity (Wildman–Crippen MR) is 88.3 cm³/mol. The molecule has 0 N–H and O–H groups in total. The van der Waals surface area contributed by atoms with E-state index >= 15 is 0 Å². The molecule has 0 amide bonds. The molecule has 2 heteroatoms. The van der Waals surface area contributed by atoms with E-state index in [9.17, 15) is 0 Å². The fourth-order valence-electron chi connectivity index (χ4n) is 4.18. The smallest absolute Gasteiger partial charge is 0.0372 e. The molecule has 0 aliphatic heterocycles. The SMILES string of the molecule is Cc1ccc(CN(C2CCCCC2)C2CCCCC2)cn1. The Morgan fingerprint density at radius 2 is 1.48 bits per heavy atom. The van der Waals surface area contributed by atoms with E-state index in [-0.39, 0.29) is 0 Å². The zero-order valence-electron chi connectivity index (χ0n) is 13.6. The number of hydrogen-bond acceptors (Lipinski definition) is 2. The van der Waals surface area contributed by atoms with Crippen molar-refractivity contribution >= 4 is 0 Å². The maximum absolute atomic E-state index is 4.50. The molecule has 2 aliphatic rings. The number of aryl methyl sites for hydroxylation is 1. The van der Waals surface area contributed by atoms with E-state index in [1.165, 1.54) is 69.8 Å². The van der Waals surface area contributed by atoms with Gasteiger partial charge >= 0.3 is 0 Å². The van der Waals surface area contributed by atoms with E-state index in [4.69, 9.17) is 0 Å². The van der Waals surface area contributed by atoms with Crippen molar-refractivity contribution in [2.75, 3.05) is 0 Å². The van der Waals surface area contributed by atoms with Gasteiger partial charge in [0.15, 0.2) is 0 Å². The lowest BCUT2D eigenvalue weighted by atomic mass is 9.88. The quantitative estimate of drug-likeness (QED) is 0.786. The normalized spacial score (nSPS) is 21.8. The van der Waals surface area contributed by atoms with Crippen molar-refractivity contribution in [3.63, 3.8) is 0 Å². The third-order valence-corrected chi connectivity index (χ3v) is 5.43. The summed E-state index contributed by atoms with van der Waals surface area (Å²) in [6, 6.07) is 6.09. The van der Waals surface area contributed by atoms with Gasteiger partial charge < -0.3 is 0 Å². The summed E-state index contributed by atoms with van der Waals surface area (Å²) in [5.74, 6) is 0. The summed E-state index contributed by atoms with van der Waals surface area (Å²) in [6.07, 6.45) is 16.4. The van der Waals surface area contributed by atoms with Crippen LogP contribution in [-0.4, -0.2) is 22.0 Å². The number of rotatable bonds is 4. The largest absolute Gasteiger partial charge is 0.293 e. The summed E-state index contributed by atoms with van der Waals surface area (Å²) < 4.78 is 0. The van der Waals surface area contributed by atoms with Gasteiger partial charge in [-0.25, -0.2) is 0 Å². The minimum atomic E-state index is 0.822. The van der Waals surface area contributed by atoms with Crippen LogP contribution in [0.25, 0.3) is 0 Å². The first-order chi connectivity index (χ1) is 10.3. The predicted octanol–water partition coefficient (Wildman–Crippen LogP) is 4.86. The van der Waals surface area contributed by atoms with Gasteiger partial charge in [-0.1, -0.05) is 44.6 Å². The van der Waals surface area contributed by atoms with E-state index in [2.05, 4.69) is 35.1 Å². The molecule has 116 valence electrons. The Morgan fingerprint density at radius 1 is 0.905 bits per heavy atom. The molecule has 1 heterocycles. The van der Waals surface area contributed by atoms with Crippen LogP contribution in [0.15, 0.2) is 18.3 Å². The number of hydrogen-bond donors (Lipinski definition) is 0. The molecule has 21 heavy (non-hydrogen) atoms. The summed E-state index contributed by atoms with van der Waals surface area (Å²) in [6.45, 7) is 3.19. The molecular formula is C19H30N2. The molecule has 2 saturated carbocycles. The zero-order valence-corrected chi connectivity index (χ0v) is 13.6. The van der Waals surface area contributed by atoms with E-state index in [0.29, 0.717) is 0 Å².